The molecule has 1 fully saturated rings. The van der Waals surface area contributed by atoms with Gasteiger partial charge in [-0.1, -0.05) is 12.8 Å². The van der Waals surface area contributed by atoms with Gasteiger partial charge < -0.3 is 10.4 Å². The number of nitrogens with one attached hydrogen (secondary N) is 1. The largest absolute Gasteiger partial charge is 0.391 e. The Labute approximate surface area is 107 Å². The standard InChI is InChI=1S/C11H14BrNO2S/c12-10-6-5-9(16-10)11(15)13-7-3-1-2-4-8(7)14/h5-8,14H,1-4H2,(H,13,15). The Bertz CT molecular complexity index is 380. The van der Waals surface area contributed by atoms with Crippen molar-refractivity contribution < 1.29 is 9.90 Å². The van der Waals surface area contributed by atoms with Crippen LogP contribution in [0.3, 0.4) is 0 Å². The van der Waals surface area contributed by atoms with Crippen molar-refractivity contribution >= 4 is 33.2 Å². The highest BCUT2D eigenvalue weighted by atomic mass is 79.9. The molecule has 88 valence electrons. The summed E-state index contributed by atoms with van der Waals surface area (Å²) in [6, 6.07) is 3.57. The van der Waals surface area contributed by atoms with Crippen LogP contribution in [0, 0.1) is 0 Å². The zero-order chi connectivity index (χ0) is 11.5. The fraction of sp³-hybridized carbons (Fsp3) is 0.545. The van der Waals surface area contributed by atoms with Crippen molar-refractivity contribution in [3.05, 3.63) is 20.8 Å². The SMILES string of the molecule is O=C(NC1CCCCC1O)c1ccc(Br)s1. The molecule has 1 amide bonds. The lowest BCUT2D eigenvalue weighted by molar-refractivity contribution is 0.0720. The quantitative estimate of drug-likeness (QED) is 0.882. The molecule has 0 aliphatic heterocycles. The van der Waals surface area contributed by atoms with Crippen LogP contribution in [0.1, 0.15) is 35.4 Å². The van der Waals surface area contributed by atoms with Crippen LogP contribution >= 0.6 is 27.3 Å². The highest BCUT2D eigenvalue weighted by Gasteiger charge is 2.25. The number of hydrogen-bond donors (Lipinski definition) is 2. The summed E-state index contributed by atoms with van der Waals surface area (Å²) in [4.78, 5) is 12.5. The van der Waals surface area contributed by atoms with Gasteiger partial charge in [-0.05, 0) is 40.9 Å². The molecule has 3 nitrogen and oxygen atoms in total. The van der Waals surface area contributed by atoms with Crippen LogP contribution in [-0.4, -0.2) is 23.2 Å². The number of halogens is 1. The molecule has 1 aromatic rings. The first-order valence-corrected chi connectivity index (χ1v) is 7.02. The van der Waals surface area contributed by atoms with Crippen molar-refractivity contribution in [1.82, 2.24) is 5.32 Å². The Balaban J connectivity index is 1.96. The number of carbonyl (C=O) groups excluding carboxylic acids is 1. The lowest BCUT2D eigenvalue weighted by Gasteiger charge is -2.28. The third-order valence-electron chi connectivity index (χ3n) is 2.84. The molecular weight excluding hydrogens is 290 g/mol. The number of amides is 1. The first-order chi connectivity index (χ1) is 7.66. The van der Waals surface area contributed by atoms with E-state index < -0.39 is 0 Å². The maximum absolute atomic E-state index is 11.8. The predicted molar refractivity (Wildman–Crippen MR) is 67.7 cm³/mol. The minimum Gasteiger partial charge on any atom is -0.391 e. The Morgan fingerprint density at radius 3 is 2.81 bits per heavy atom. The second-order valence-corrected chi connectivity index (χ2v) is 6.50. The van der Waals surface area contributed by atoms with Gasteiger partial charge in [0.1, 0.15) is 0 Å². The maximum atomic E-state index is 11.8. The normalized spacial score (nSPS) is 25.4. The molecule has 1 heterocycles. The number of aliphatic hydroxyl groups excluding tert-OH is 1. The fourth-order valence-corrected chi connectivity index (χ4v) is 3.24. The van der Waals surface area contributed by atoms with E-state index >= 15 is 0 Å². The fourth-order valence-electron chi connectivity index (χ4n) is 1.96. The molecule has 0 aromatic carbocycles. The van der Waals surface area contributed by atoms with E-state index in [0.29, 0.717) is 4.88 Å². The molecule has 1 aromatic heterocycles. The van der Waals surface area contributed by atoms with Crippen LogP contribution in [0.4, 0.5) is 0 Å². The van der Waals surface area contributed by atoms with Crippen molar-refractivity contribution in [2.45, 2.75) is 37.8 Å². The summed E-state index contributed by atoms with van der Waals surface area (Å²) in [7, 11) is 0. The summed E-state index contributed by atoms with van der Waals surface area (Å²) in [5.41, 5.74) is 0. The van der Waals surface area contributed by atoms with Gasteiger partial charge in [0, 0.05) is 0 Å². The van der Waals surface area contributed by atoms with E-state index in [9.17, 15) is 9.90 Å². The van der Waals surface area contributed by atoms with Crippen molar-refractivity contribution in [2.75, 3.05) is 0 Å². The number of aliphatic hydroxyl groups is 1. The van der Waals surface area contributed by atoms with E-state index in [4.69, 9.17) is 0 Å². The lowest BCUT2D eigenvalue weighted by Crippen LogP contribution is -2.44. The Hall–Kier alpha value is -0.390. The second-order valence-electron chi connectivity index (χ2n) is 4.04. The molecule has 2 unspecified atom stereocenters. The minimum absolute atomic E-state index is 0.0814. The van der Waals surface area contributed by atoms with Crippen LogP contribution < -0.4 is 5.32 Å². The smallest absolute Gasteiger partial charge is 0.261 e. The molecule has 0 radical (unpaired) electrons. The molecular formula is C11H14BrNO2S. The Morgan fingerprint density at radius 1 is 1.44 bits per heavy atom. The average molecular weight is 304 g/mol. The minimum atomic E-state index is -0.388. The predicted octanol–water partition coefficient (Wildman–Crippen LogP) is 2.54. The number of carbonyl (C=O) groups is 1. The molecule has 0 saturated heterocycles. The molecule has 0 bridgehead atoms. The van der Waals surface area contributed by atoms with Crippen LogP contribution in [0.25, 0.3) is 0 Å². The summed E-state index contributed by atoms with van der Waals surface area (Å²) < 4.78 is 0.946. The zero-order valence-corrected chi connectivity index (χ0v) is 11.2. The van der Waals surface area contributed by atoms with Crippen molar-refractivity contribution in [3.8, 4) is 0 Å². The van der Waals surface area contributed by atoms with Crippen LogP contribution in [0.15, 0.2) is 15.9 Å². The van der Waals surface area contributed by atoms with E-state index in [2.05, 4.69) is 21.2 Å². The van der Waals surface area contributed by atoms with Gasteiger partial charge in [0.25, 0.3) is 5.91 Å². The highest BCUT2D eigenvalue weighted by molar-refractivity contribution is 9.11. The summed E-state index contributed by atoms with van der Waals surface area (Å²) in [6.07, 6.45) is 3.41. The third kappa shape index (κ3) is 2.84. The zero-order valence-electron chi connectivity index (χ0n) is 8.78. The summed E-state index contributed by atoms with van der Waals surface area (Å²) in [6.45, 7) is 0. The van der Waals surface area contributed by atoms with Gasteiger partial charge in [0.2, 0.25) is 0 Å². The molecule has 16 heavy (non-hydrogen) atoms. The average Bonchev–Trinajstić information content (AvgIpc) is 2.68. The van der Waals surface area contributed by atoms with Gasteiger partial charge in [0.05, 0.1) is 20.8 Å². The topological polar surface area (TPSA) is 49.3 Å². The molecule has 2 rings (SSSR count). The molecule has 0 spiro atoms. The number of thiophene rings is 1. The highest BCUT2D eigenvalue weighted by Crippen LogP contribution is 2.23. The first-order valence-electron chi connectivity index (χ1n) is 5.41. The summed E-state index contributed by atoms with van der Waals surface area (Å²) in [5.74, 6) is -0.0818. The molecule has 1 saturated carbocycles. The van der Waals surface area contributed by atoms with E-state index in [-0.39, 0.29) is 18.1 Å². The van der Waals surface area contributed by atoms with Crippen molar-refractivity contribution in [1.29, 1.82) is 0 Å². The van der Waals surface area contributed by atoms with Crippen molar-refractivity contribution in [3.63, 3.8) is 0 Å². The Kier molecular flexibility index (Phi) is 4.00. The Morgan fingerprint density at radius 2 is 2.19 bits per heavy atom. The van der Waals surface area contributed by atoms with E-state index in [0.717, 1.165) is 29.5 Å². The maximum Gasteiger partial charge on any atom is 0.261 e. The number of rotatable bonds is 2. The van der Waals surface area contributed by atoms with E-state index in [1.54, 1.807) is 6.07 Å². The third-order valence-corrected chi connectivity index (χ3v) is 4.47. The van der Waals surface area contributed by atoms with Gasteiger partial charge in [-0.3, -0.25) is 4.79 Å². The first kappa shape index (κ1) is 12.1. The second kappa shape index (κ2) is 5.29. The van der Waals surface area contributed by atoms with E-state index in [1.165, 1.54) is 11.3 Å². The van der Waals surface area contributed by atoms with Gasteiger partial charge in [-0.2, -0.15) is 0 Å². The summed E-state index contributed by atoms with van der Waals surface area (Å²) in [5, 5.41) is 12.6. The molecule has 2 atom stereocenters. The molecule has 1 aliphatic carbocycles. The van der Waals surface area contributed by atoms with Crippen LogP contribution in [0.2, 0.25) is 0 Å². The van der Waals surface area contributed by atoms with E-state index in [1.807, 2.05) is 6.07 Å². The van der Waals surface area contributed by atoms with Crippen LogP contribution in [0.5, 0.6) is 0 Å². The van der Waals surface area contributed by atoms with Gasteiger partial charge in [-0.25, -0.2) is 0 Å². The van der Waals surface area contributed by atoms with Gasteiger partial charge in [0.15, 0.2) is 0 Å². The monoisotopic (exact) mass is 303 g/mol. The summed E-state index contributed by atoms with van der Waals surface area (Å²) >= 11 is 4.74. The molecule has 5 heteroatoms. The molecule has 2 N–H and O–H groups in total. The molecule has 1 aliphatic rings. The number of hydrogen-bond acceptors (Lipinski definition) is 3. The van der Waals surface area contributed by atoms with Gasteiger partial charge in [-0.15, -0.1) is 11.3 Å². The lowest BCUT2D eigenvalue weighted by atomic mass is 9.92. The van der Waals surface area contributed by atoms with Crippen LogP contribution in [-0.2, 0) is 0 Å². The van der Waals surface area contributed by atoms with Gasteiger partial charge >= 0.3 is 0 Å². The van der Waals surface area contributed by atoms with Crippen molar-refractivity contribution in [2.24, 2.45) is 0 Å².